The molecule has 1 aromatic carbocycles. The maximum absolute atomic E-state index is 12.5. The van der Waals surface area contributed by atoms with E-state index in [1.54, 1.807) is 18.3 Å². The van der Waals surface area contributed by atoms with E-state index in [1.165, 1.54) is 12.1 Å². The molecule has 11 heteroatoms. The number of hydrogen-bond donors (Lipinski definition) is 4. The second-order valence-corrected chi connectivity index (χ2v) is 11.4. The van der Waals surface area contributed by atoms with Gasteiger partial charge in [0.25, 0.3) is 0 Å². The van der Waals surface area contributed by atoms with Crippen molar-refractivity contribution in [2.75, 3.05) is 25.0 Å². The van der Waals surface area contributed by atoms with Crippen molar-refractivity contribution >= 4 is 27.0 Å². The summed E-state index contributed by atoms with van der Waals surface area (Å²) in [5, 5.41) is 27.5. The van der Waals surface area contributed by atoms with Gasteiger partial charge in [-0.15, -0.1) is 0 Å². The first kappa shape index (κ1) is 26.5. The standard InChI is InChI=1S/C25H36N6O4S/c1-3-4-13-26-25-27-15-22-23(30-31(24(22)29-25)19-9-5-17(2)6-10-19)18-7-11-21(12-8-18)36(34,35)28-14-20(33)16-32/h7-8,11-12,15,17,19-20,28,32-33H,3-6,9-10,13-14,16H2,1-2H3,(H,26,27,29). The fourth-order valence-corrected chi connectivity index (χ4v) is 5.56. The van der Waals surface area contributed by atoms with E-state index in [4.69, 9.17) is 15.2 Å². The normalized spacial score (nSPS) is 19.4. The molecular formula is C25H36N6O4S. The fraction of sp³-hybridized carbons (Fsp3) is 0.560. The summed E-state index contributed by atoms with van der Waals surface area (Å²) in [6, 6.07) is 6.73. The number of nitrogens with one attached hydrogen (secondary N) is 2. The minimum Gasteiger partial charge on any atom is -0.394 e. The van der Waals surface area contributed by atoms with E-state index in [9.17, 15) is 13.5 Å². The Kier molecular flexibility index (Phi) is 8.55. The van der Waals surface area contributed by atoms with Crippen molar-refractivity contribution in [3.63, 3.8) is 0 Å². The van der Waals surface area contributed by atoms with Crippen molar-refractivity contribution in [2.45, 2.75) is 69.4 Å². The minimum atomic E-state index is -3.82. The molecule has 2 heterocycles. The molecule has 0 spiro atoms. The number of hydrogen-bond acceptors (Lipinski definition) is 8. The summed E-state index contributed by atoms with van der Waals surface area (Å²) in [6.07, 6.45) is 7.15. The van der Waals surface area contributed by atoms with Crippen molar-refractivity contribution in [1.82, 2.24) is 24.5 Å². The molecule has 1 saturated carbocycles. The Hall–Kier alpha value is -2.60. The van der Waals surface area contributed by atoms with Gasteiger partial charge in [0.1, 0.15) is 5.69 Å². The number of aliphatic hydroxyl groups excluding tert-OH is 2. The summed E-state index contributed by atoms with van der Waals surface area (Å²) in [5.41, 5.74) is 2.28. The molecule has 1 aliphatic rings. The first-order chi connectivity index (χ1) is 17.3. The summed E-state index contributed by atoms with van der Waals surface area (Å²) in [5.74, 6) is 1.30. The Labute approximate surface area is 212 Å². The lowest BCUT2D eigenvalue weighted by Crippen LogP contribution is -2.33. The van der Waals surface area contributed by atoms with Gasteiger partial charge in [0.15, 0.2) is 5.65 Å². The zero-order valence-electron chi connectivity index (χ0n) is 20.9. The molecule has 4 N–H and O–H groups in total. The van der Waals surface area contributed by atoms with Gasteiger partial charge in [0.2, 0.25) is 16.0 Å². The summed E-state index contributed by atoms with van der Waals surface area (Å²) in [4.78, 5) is 9.41. The molecule has 196 valence electrons. The maximum atomic E-state index is 12.5. The lowest BCUT2D eigenvalue weighted by Gasteiger charge is -2.26. The van der Waals surface area contributed by atoms with Gasteiger partial charge in [-0.05, 0) is 50.2 Å². The molecule has 1 atom stereocenters. The predicted molar refractivity (Wildman–Crippen MR) is 139 cm³/mol. The minimum absolute atomic E-state index is 0.0695. The van der Waals surface area contributed by atoms with Gasteiger partial charge in [-0.2, -0.15) is 10.1 Å². The van der Waals surface area contributed by atoms with E-state index >= 15 is 0 Å². The van der Waals surface area contributed by atoms with Crippen LogP contribution in [-0.4, -0.2) is 64.2 Å². The van der Waals surface area contributed by atoms with E-state index < -0.39 is 22.7 Å². The van der Waals surface area contributed by atoms with Crippen molar-refractivity contribution in [3.05, 3.63) is 30.5 Å². The van der Waals surface area contributed by atoms with Gasteiger partial charge in [-0.25, -0.2) is 22.8 Å². The van der Waals surface area contributed by atoms with Gasteiger partial charge in [0, 0.05) is 24.8 Å². The lowest BCUT2D eigenvalue weighted by molar-refractivity contribution is 0.0988. The Morgan fingerprint density at radius 1 is 1.17 bits per heavy atom. The summed E-state index contributed by atoms with van der Waals surface area (Å²) in [7, 11) is -3.82. The molecule has 1 unspecified atom stereocenters. The van der Waals surface area contributed by atoms with Crippen LogP contribution in [0.5, 0.6) is 0 Å². The van der Waals surface area contributed by atoms with Gasteiger partial charge in [-0.1, -0.05) is 32.4 Å². The molecule has 4 rings (SSSR count). The van der Waals surface area contributed by atoms with Crippen LogP contribution in [0.4, 0.5) is 5.95 Å². The molecule has 0 amide bonds. The van der Waals surface area contributed by atoms with Crippen LogP contribution >= 0.6 is 0 Å². The van der Waals surface area contributed by atoms with E-state index in [0.29, 0.717) is 11.9 Å². The number of benzene rings is 1. The van der Waals surface area contributed by atoms with Gasteiger partial charge in [0.05, 0.1) is 29.0 Å². The Morgan fingerprint density at radius 3 is 2.56 bits per heavy atom. The number of rotatable bonds is 11. The molecule has 0 bridgehead atoms. The number of fused-ring (bicyclic) bond motifs is 1. The SMILES string of the molecule is CCCCNc1ncc2c(-c3ccc(S(=O)(=O)NCC(O)CO)cc3)nn(C3CCC(C)CC3)c2n1. The van der Waals surface area contributed by atoms with Crippen molar-refractivity contribution in [2.24, 2.45) is 5.92 Å². The van der Waals surface area contributed by atoms with E-state index in [-0.39, 0.29) is 17.5 Å². The molecule has 1 fully saturated rings. The molecule has 0 saturated heterocycles. The third kappa shape index (κ3) is 6.03. The Bertz CT molecular complexity index is 1250. The van der Waals surface area contributed by atoms with Crippen LogP contribution in [0.1, 0.15) is 58.4 Å². The second-order valence-electron chi connectivity index (χ2n) is 9.63. The summed E-state index contributed by atoms with van der Waals surface area (Å²) >= 11 is 0. The van der Waals surface area contributed by atoms with Crippen LogP contribution < -0.4 is 10.0 Å². The molecular weight excluding hydrogens is 480 g/mol. The predicted octanol–water partition coefficient (Wildman–Crippen LogP) is 3.09. The molecule has 0 aliphatic heterocycles. The van der Waals surface area contributed by atoms with Crippen LogP contribution in [0, 0.1) is 5.92 Å². The van der Waals surface area contributed by atoms with Crippen LogP contribution in [0.2, 0.25) is 0 Å². The van der Waals surface area contributed by atoms with E-state index in [0.717, 1.165) is 67.4 Å². The number of anilines is 1. The first-order valence-corrected chi connectivity index (χ1v) is 14.2. The number of aromatic nitrogens is 4. The van der Waals surface area contributed by atoms with Gasteiger partial charge >= 0.3 is 0 Å². The van der Waals surface area contributed by atoms with Crippen LogP contribution in [-0.2, 0) is 10.0 Å². The average Bonchev–Trinajstić information content (AvgIpc) is 3.27. The van der Waals surface area contributed by atoms with Crippen LogP contribution in [0.15, 0.2) is 35.4 Å². The van der Waals surface area contributed by atoms with E-state index in [1.807, 2.05) is 4.68 Å². The zero-order chi connectivity index (χ0) is 25.7. The molecule has 3 aromatic rings. The van der Waals surface area contributed by atoms with Crippen molar-refractivity contribution in [3.8, 4) is 11.3 Å². The fourth-order valence-electron chi connectivity index (χ4n) is 4.49. The van der Waals surface area contributed by atoms with Gasteiger partial charge in [-0.3, -0.25) is 0 Å². The van der Waals surface area contributed by atoms with E-state index in [2.05, 4.69) is 28.9 Å². The molecule has 2 aromatic heterocycles. The highest BCUT2D eigenvalue weighted by molar-refractivity contribution is 7.89. The Morgan fingerprint density at radius 2 is 1.89 bits per heavy atom. The largest absolute Gasteiger partial charge is 0.394 e. The second kappa shape index (κ2) is 11.6. The number of nitrogens with zero attached hydrogens (tertiary/aromatic N) is 4. The first-order valence-electron chi connectivity index (χ1n) is 12.7. The quantitative estimate of drug-likeness (QED) is 0.285. The van der Waals surface area contributed by atoms with Crippen molar-refractivity contribution < 1.29 is 18.6 Å². The Balaban J connectivity index is 1.66. The molecule has 36 heavy (non-hydrogen) atoms. The topological polar surface area (TPSA) is 142 Å². The van der Waals surface area contributed by atoms with Crippen molar-refractivity contribution in [1.29, 1.82) is 0 Å². The summed E-state index contributed by atoms with van der Waals surface area (Å²) < 4.78 is 29.4. The number of unbranched alkanes of at least 4 members (excludes halogenated alkanes) is 1. The highest BCUT2D eigenvalue weighted by atomic mass is 32.2. The summed E-state index contributed by atoms with van der Waals surface area (Å²) in [6.45, 7) is 4.46. The third-order valence-corrected chi connectivity index (χ3v) is 8.19. The van der Waals surface area contributed by atoms with Gasteiger partial charge < -0.3 is 15.5 Å². The monoisotopic (exact) mass is 516 g/mol. The number of sulfonamides is 1. The maximum Gasteiger partial charge on any atom is 0.240 e. The third-order valence-electron chi connectivity index (χ3n) is 6.75. The highest BCUT2D eigenvalue weighted by Crippen LogP contribution is 2.36. The average molecular weight is 517 g/mol. The molecule has 10 nitrogen and oxygen atoms in total. The molecule has 1 aliphatic carbocycles. The zero-order valence-corrected chi connectivity index (χ0v) is 21.7. The highest BCUT2D eigenvalue weighted by Gasteiger charge is 2.25. The lowest BCUT2D eigenvalue weighted by atomic mass is 9.87. The van der Waals surface area contributed by atoms with Crippen LogP contribution in [0.3, 0.4) is 0 Å². The number of aliphatic hydroxyl groups is 2. The van der Waals surface area contributed by atoms with Crippen LogP contribution in [0.25, 0.3) is 22.3 Å². The molecule has 0 radical (unpaired) electrons. The smallest absolute Gasteiger partial charge is 0.240 e.